The van der Waals surface area contributed by atoms with E-state index in [0.717, 1.165) is 40.9 Å². The molecule has 0 saturated heterocycles. The summed E-state index contributed by atoms with van der Waals surface area (Å²) in [5.41, 5.74) is 7.14. The van der Waals surface area contributed by atoms with Crippen LogP contribution in [0.15, 0.2) is 84.9 Å². The minimum absolute atomic E-state index is 0.0568. The van der Waals surface area contributed by atoms with Gasteiger partial charge in [-0.25, -0.2) is 9.97 Å². The van der Waals surface area contributed by atoms with Crippen LogP contribution in [0.5, 0.6) is 0 Å². The molecular weight excluding hydrogens is 406 g/mol. The third-order valence-electron chi connectivity index (χ3n) is 5.87. The molecule has 0 spiro atoms. The van der Waals surface area contributed by atoms with Gasteiger partial charge in [-0.3, -0.25) is 4.79 Å². The van der Waals surface area contributed by atoms with Crippen molar-refractivity contribution in [1.29, 1.82) is 0 Å². The lowest BCUT2D eigenvalue weighted by atomic mass is 9.92. The van der Waals surface area contributed by atoms with E-state index in [4.69, 9.17) is 9.97 Å². The first-order chi connectivity index (χ1) is 16.3. The second kappa shape index (κ2) is 9.61. The zero-order valence-electron chi connectivity index (χ0n) is 18.4. The van der Waals surface area contributed by atoms with Crippen molar-refractivity contribution in [2.24, 2.45) is 0 Å². The molecule has 1 aromatic heterocycles. The zero-order chi connectivity index (χ0) is 22.5. The molecule has 4 heteroatoms. The van der Waals surface area contributed by atoms with Crippen molar-refractivity contribution >= 4 is 23.9 Å². The monoisotopic (exact) mass is 431 g/mol. The summed E-state index contributed by atoms with van der Waals surface area (Å²) in [5, 5.41) is 3.03. The van der Waals surface area contributed by atoms with Crippen molar-refractivity contribution < 1.29 is 4.79 Å². The Hall–Kier alpha value is -4.05. The standard InChI is InChI=1S/C29H25N3O/c33-27(20-16-22-11-5-2-6-12-22)32-29-26(18-15-21-9-3-1-4-10-21)30-28-24-14-8-7-13-23(24)17-19-25(28)31-29/h1-15,18H,16-17,19-20H2,(H,31,32,33). The van der Waals surface area contributed by atoms with Crippen LogP contribution in [0.2, 0.25) is 0 Å². The Morgan fingerprint density at radius 3 is 2.36 bits per heavy atom. The third kappa shape index (κ3) is 4.90. The van der Waals surface area contributed by atoms with Gasteiger partial charge in [0.1, 0.15) is 5.69 Å². The van der Waals surface area contributed by atoms with Gasteiger partial charge in [0.25, 0.3) is 0 Å². The van der Waals surface area contributed by atoms with E-state index in [1.807, 2.05) is 78.9 Å². The molecule has 0 saturated carbocycles. The molecule has 1 aliphatic rings. The molecule has 33 heavy (non-hydrogen) atoms. The van der Waals surface area contributed by atoms with Gasteiger partial charge in [-0.2, -0.15) is 0 Å². The van der Waals surface area contributed by atoms with E-state index < -0.39 is 0 Å². The predicted molar refractivity (Wildman–Crippen MR) is 134 cm³/mol. The number of aromatic nitrogens is 2. The molecule has 1 aliphatic carbocycles. The van der Waals surface area contributed by atoms with E-state index in [-0.39, 0.29) is 5.91 Å². The zero-order valence-corrected chi connectivity index (χ0v) is 18.4. The minimum atomic E-state index is -0.0568. The topological polar surface area (TPSA) is 54.9 Å². The van der Waals surface area contributed by atoms with Gasteiger partial charge < -0.3 is 5.32 Å². The van der Waals surface area contributed by atoms with Crippen LogP contribution in [0, 0.1) is 0 Å². The maximum absolute atomic E-state index is 12.8. The predicted octanol–water partition coefficient (Wildman–Crippen LogP) is 5.98. The van der Waals surface area contributed by atoms with Crippen LogP contribution in [0.4, 0.5) is 5.82 Å². The van der Waals surface area contributed by atoms with Gasteiger partial charge in [-0.05, 0) is 42.0 Å². The van der Waals surface area contributed by atoms with E-state index in [1.165, 1.54) is 5.56 Å². The van der Waals surface area contributed by atoms with E-state index >= 15 is 0 Å². The molecule has 1 N–H and O–H groups in total. The van der Waals surface area contributed by atoms with Gasteiger partial charge in [0.15, 0.2) is 5.82 Å². The van der Waals surface area contributed by atoms with Gasteiger partial charge in [0.2, 0.25) is 5.91 Å². The number of fused-ring (bicyclic) bond motifs is 3. The van der Waals surface area contributed by atoms with Gasteiger partial charge in [-0.1, -0.05) is 91.0 Å². The van der Waals surface area contributed by atoms with Crippen molar-refractivity contribution in [1.82, 2.24) is 9.97 Å². The first-order valence-electron chi connectivity index (χ1n) is 11.3. The van der Waals surface area contributed by atoms with Gasteiger partial charge >= 0.3 is 0 Å². The van der Waals surface area contributed by atoms with Gasteiger partial charge in [0, 0.05) is 12.0 Å². The average Bonchev–Trinajstić information content (AvgIpc) is 2.87. The molecule has 4 nitrogen and oxygen atoms in total. The molecule has 0 bridgehead atoms. The minimum Gasteiger partial charge on any atom is -0.309 e. The van der Waals surface area contributed by atoms with E-state index in [0.29, 0.717) is 24.4 Å². The van der Waals surface area contributed by atoms with Crippen LogP contribution in [-0.2, 0) is 24.1 Å². The van der Waals surface area contributed by atoms with Gasteiger partial charge in [0.05, 0.1) is 11.4 Å². The first-order valence-corrected chi connectivity index (χ1v) is 11.3. The van der Waals surface area contributed by atoms with E-state index in [9.17, 15) is 4.79 Å². The number of hydrogen-bond donors (Lipinski definition) is 1. The van der Waals surface area contributed by atoms with Gasteiger partial charge in [-0.15, -0.1) is 0 Å². The number of hydrogen-bond acceptors (Lipinski definition) is 3. The molecule has 162 valence electrons. The third-order valence-corrected chi connectivity index (χ3v) is 5.87. The van der Waals surface area contributed by atoms with Crippen LogP contribution < -0.4 is 5.32 Å². The number of amides is 1. The Labute approximate surface area is 194 Å². The van der Waals surface area contributed by atoms with Crippen LogP contribution in [0.25, 0.3) is 23.4 Å². The largest absolute Gasteiger partial charge is 0.309 e. The maximum Gasteiger partial charge on any atom is 0.225 e. The lowest BCUT2D eigenvalue weighted by Crippen LogP contribution is -2.17. The quantitative estimate of drug-likeness (QED) is 0.408. The number of aryl methyl sites for hydroxylation is 3. The second-order valence-corrected chi connectivity index (χ2v) is 8.19. The first kappa shape index (κ1) is 20.8. The molecule has 0 radical (unpaired) electrons. The molecule has 0 atom stereocenters. The number of nitrogens with zero attached hydrogens (tertiary/aromatic N) is 2. The number of rotatable bonds is 6. The molecular formula is C29H25N3O. The van der Waals surface area contributed by atoms with Crippen LogP contribution in [0.3, 0.4) is 0 Å². The Balaban J connectivity index is 1.45. The smallest absolute Gasteiger partial charge is 0.225 e. The lowest BCUT2D eigenvalue weighted by Gasteiger charge is -2.20. The maximum atomic E-state index is 12.8. The van der Waals surface area contributed by atoms with Crippen molar-refractivity contribution in [3.8, 4) is 11.3 Å². The Morgan fingerprint density at radius 2 is 1.55 bits per heavy atom. The fraction of sp³-hybridized carbons (Fsp3) is 0.138. The van der Waals surface area contributed by atoms with Crippen molar-refractivity contribution in [2.45, 2.75) is 25.7 Å². The number of anilines is 1. The van der Waals surface area contributed by atoms with Crippen LogP contribution in [0.1, 0.15) is 34.5 Å². The highest BCUT2D eigenvalue weighted by atomic mass is 16.1. The second-order valence-electron chi connectivity index (χ2n) is 8.19. The number of carbonyl (C=O) groups excluding carboxylic acids is 1. The summed E-state index contributed by atoms with van der Waals surface area (Å²) in [4.78, 5) is 22.6. The summed E-state index contributed by atoms with van der Waals surface area (Å²) in [6.07, 6.45) is 6.77. The molecule has 0 aliphatic heterocycles. The lowest BCUT2D eigenvalue weighted by molar-refractivity contribution is -0.116. The van der Waals surface area contributed by atoms with Crippen LogP contribution >= 0.6 is 0 Å². The summed E-state index contributed by atoms with van der Waals surface area (Å²) in [6, 6.07) is 28.5. The summed E-state index contributed by atoms with van der Waals surface area (Å²) in [6.45, 7) is 0. The molecule has 3 aromatic carbocycles. The molecule has 1 heterocycles. The van der Waals surface area contributed by atoms with E-state index in [1.54, 1.807) is 0 Å². The summed E-state index contributed by atoms with van der Waals surface area (Å²) >= 11 is 0. The number of carbonyl (C=O) groups is 1. The summed E-state index contributed by atoms with van der Waals surface area (Å²) < 4.78 is 0. The Morgan fingerprint density at radius 1 is 0.818 bits per heavy atom. The van der Waals surface area contributed by atoms with Crippen molar-refractivity contribution in [3.63, 3.8) is 0 Å². The summed E-state index contributed by atoms with van der Waals surface area (Å²) in [7, 11) is 0. The molecule has 0 unspecified atom stereocenters. The highest BCUT2D eigenvalue weighted by Crippen LogP contribution is 2.33. The molecule has 0 fully saturated rings. The Kier molecular flexibility index (Phi) is 6.07. The normalized spacial score (nSPS) is 12.2. The van der Waals surface area contributed by atoms with Crippen molar-refractivity contribution in [2.75, 3.05) is 5.32 Å². The highest BCUT2D eigenvalue weighted by molar-refractivity contribution is 5.92. The Bertz CT molecular complexity index is 1300. The van der Waals surface area contributed by atoms with Crippen molar-refractivity contribution in [3.05, 3.63) is 113 Å². The number of benzene rings is 3. The SMILES string of the molecule is O=C(CCc1ccccc1)Nc1nc2c(nc1C=Cc1ccccc1)-c1ccccc1CC2. The molecule has 5 rings (SSSR count). The molecule has 4 aromatic rings. The van der Waals surface area contributed by atoms with Crippen LogP contribution in [-0.4, -0.2) is 15.9 Å². The highest BCUT2D eigenvalue weighted by Gasteiger charge is 2.21. The fourth-order valence-electron chi connectivity index (χ4n) is 4.14. The number of nitrogens with one attached hydrogen (secondary N) is 1. The summed E-state index contributed by atoms with van der Waals surface area (Å²) in [5.74, 6) is 0.469. The average molecular weight is 432 g/mol. The fourth-order valence-corrected chi connectivity index (χ4v) is 4.14. The van der Waals surface area contributed by atoms with E-state index in [2.05, 4.69) is 23.5 Å². The molecule has 1 amide bonds.